The summed E-state index contributed by atoms with van der Waals surface area (Å²) in [4.78, 5) is 11.7. The molecule has 0 atom stereocenters. The number of halogens is 2. The summed E-state index contributed by atoms with van der Waals surface area (Å²) in [5.41, 5.74) is 1.72. The van der Waals surface area contributed by atoms with Crippen LogP contribution in [-0.2, 0) is 0 Å². The van der Waals surface area contributed by atoms with Crippen LogP contribution in [0.2, 0.25) is 0 Å². The van der Waals surface area contributed by atoms with Gasteiger partial charge in [-0.15, -0.1) is 0 Å². The van der Waals surface area contributed by atoms with E-state index in [0.29, 0.717) is 0 Å². The summed E-state index contributed by atoms with van der Waals surface area (Å²) in [5.74, 6) is 0. The lowest BCUT2D eigenvalue weighted by atomic mass is 10.2. The second kappa shape index (κ2) is 7.26. The highest BCUT2D eigenvalue weighted by molar-refractivity contribution is 9.10. The molecule has 2 aromatic carbocycles. The van der Waals surface area contributed by atoms with Crippen molar-refractivity contribution in [1.29, 1.82) is 0 Å². The molecule has 0 aromatic heterocycles. The quantitative estimate of drug-likeness (QED) is 0.753. The van der Waals surface area contributed by atoms with Gasteiger partial charge in [0.2, 0.25) is 0 Å². The van der Waals surface area contributed by atoms with Crippen molar-refractivity contribution in [2.75, 3.05) is 5.32 Å². The highest BCUT2D eigenvalue weighted by Gasteiger charge is 2.02. The predicted octanol–water partition coefficient (Wildman–Crippen LogP) is 5.00. The fourth-order valence-corrected chi connectivity index (χ4v) is 2.35. The Morgan fingerprint density at radius 3 is 2.60 bits per heavy atom. The van der Waals surface area contributed by atoms with Crippen molar-refractivity contribution >= 4 is 49.7 Å². The number of anilines is 1. The van der Waals surface area contributed by atoms with Crippen molar-refractivity contribution in [3.63, 3.8) is 0 Å². The SMILES string of the molecule is O=C(N/C=C/c1cccc(Br)c1)Nc1ccccc1Br. The van der Waals surface area contributed by atoms with E-state index in [1.807, 2.05) is 54.6 Å². The van der Waals surface area contributed by atoms with Gasteiger partial charge in [-0.2, -0.15) is 0 Å². The summed E-state index contributed by atoms with van der Waals surface area (Å²) in [6.07, 6.45) is 3.43. The maximum absolute atomic E-state index is 11.7. The Bertz CT molecular complexity index is 641. The second-order valence-corrected chi connectivity index (χ2v) is 5.74. The zero-order valence-electron chi connectivity index (χ0n) is 10.4. The minimum Gasteiger partial charge on any atom is -0.314 e. The molecule has 0 saturated carbocycles. The van der Waals surface area contributed by atoms with Crippen molar-refractivity contribution in [3.8, 4) is 0 Å². The Kier molecular flexibility index (Phi) is 5.38. The Balaban J connectivity index is 1.91. The number of urea groups is 1. The van der Waals surface area contributed by atoms with Crippen LogP contribution >= 0.6 is 31.9 Å². The van der Waals surface area contributed by atoms with Crippen molar-refractivity contribution in [1.82, 2.24) is 5.32 Å². The molecule has 0 unspecified atom stereocenters. The first-order chi connectivity index (χ1) is 9.65. The molecular weight excluding hydrogens is 384 g/mol. The smallest absolute Gasteiger partial charge is 0.314 e. The lowest BCUT2D eigenvalue weighted by molar-refractivity contribution is 0.255. The molecule has 3 nitrogen and oxygen atoms in total. The summed E-state index contributed by atoms with van der Waals surface area (Å²) < 4.78 is 1.84. The van der Waals surface area contributed by atoms with Crippen molar-refractivity contribution < 1.29 is 4.79 Å². The van der Waals surface area contributed by atoms with Gasteiger partial charge in [-0.25, -0.2) is 4.79 Å². The van der Waals surface area contributed by atoms with E-state index in [9.17, 15) is 4.79 Å². The molecule has 0 saturated heterocycles. The summed E-state index contributed by atoms with van der Waals surface area (Å²) in [6.45, 7) is 0. The van der Waals surface area contributed by atoms with Gasteiger partial charge in [0.15, 0.2) is 0 Å². The fraction of sp³-hybridized carbons (Fsp3) is 0. The van der Waals surface area contributed by atoms with Crippen LogP contribution < -0.4 is 10.6 Å². The highest BCUT2D eigenvalue weighted by atomic mass is 79.9. The molecule has 2 aromatic rings. The Labute approximate surface area is 134 Å². The van der Waals surface area contributed by atoms with E-state index in [2.05, 4.69) is 42.5 Å². The first kappa shape index (κ1) is 14.8. The van der Waals surface area contributed by atoms with Gasteiger partial charge in [-0.3, -0.25) is 0 Å². The first-order valence-corrected chi connectivity index (χ1v) is 7.48. The van der Waals surface area contributed by atoms with Crippen molar-refractivity contribution in [2.45, 2.75) is 0 Å². The van der Waals surface area contributed by atoms with Gasteiger partial charge in [-0.05, 0) is 51.8 Å². The van der Waals surface area contributed by atoms with Gasteiger partial charge >= 0.3 is 6.03 Å². The predicted molar refractivity (Wildman–Crippen MR) is 89.5 cm³/mol. The first-order valence-electron chi connectivity index (χ1n) is 5.89. The normalized spacial score (nSPS) is 10.5. The zero-order valence-corrected chi connectivity index (χ0v) is 13.6. The number of benzene rings is 2. The topological polar surface area (TPSA) is 41.1 Å². The maximum atomic E-state index is 11.7. The van der Waals surface area contributed by atoms with Gasteiger partial charge in [0.25, 0.3) is 0 Å². The second-order valence-electron chi connectivity index (χ2n) is 3.97. The zero-order chi connectivity index (χ0) is 14.4. The molecule has 0 fully saturated rings. The average Bonchev–Trinajstić information content (AvgIpc) is 2.41. The Morgan fingerprint density at radius 2 is 1.85 bits per heavy atom. The summed E-state index contributed by atoms with van der Waals surface area (Å²) in [5, 5.41) is 5.41. The van der Waals surface area contributed by atoms with E-state index in [4.69, 9.17) is 0 Å². The number of hydrogen-bond acceptors (Lipinski definition) is 1. The van der Waals surface area contributed by atoms with Crippen LogP contribution in [0.4, 0.5) is 10.5 Å². The third kappa shape index (κ3) is 4.51. The fourth-order valence-electron chi connectivity index (χ4n) is 1.54. The molecule has 20 heavy (non-hydrogen) atoms. The maximum Gasteiger partial charge on any atom is 0.323 e. The number of nitrogens with one attached hydrogen (secondary N) is 2. The molecular formula is C15H12Br2N2O. The van der Waals surface area contributed by atoms with Crippen LogP contribution in [0.5, 0.6) is 0 Å². The van der Waals surface area contributed by atoms with Crippen LogP contribution in [0.25, 0.3) is 6.08 Å². The van der Waals surface area contributed by atoms with Gasteiger partial charge < -0.3 is 10.6 Å². The molecule has 0 heterocycles. The Hall–Kier alpha value is -1.59. The molecule has 0 radical (unpaired) electrons. The highest BCUT2D eigenvalue weighted by Crippen LogP contribution is 2.20. The van der Waals surface area contributed by atoms with Gasteiger partial charge in [-0.1, -0.05) is 40.2 Å². The van der Waals surface area contributed by atoms with E-state index in [-0.39, 0.29) is 6.03 Å². The molecule has 2 N–H and O–H groups in total. The lowest BCUT2D eigenvalue weighted by Gasteiger charge is -2.06. The lowest BCUT2D eigenvalue weighted by Crippen LogP contribution is -2.23. The van der Waals surface area contributed by atoms with Crippen molar-refractivity contribution in [2.24, 2.45) is 0 Å². The van der Waals surface area contributed by atoms with E-state index >= 15 is 0 Å². The molecule has 2 amide bonds. The number of amides is 2. The van der Waals surface area contributed by atoms with Gasteiger partial charge in [0, 0.05) is 15.1 Å². The summed E-state index contributed by atoms with van der Waals surface area (Å²) in [7, 11) is 0. The Morgan fingerprint density at radius 1 is 1.05 bits per heavy atom. The van der Waals surface area contributed by atoms with Gasteiger partial charge in [0.1, 0.15) is 0 Å². The van der Waals surface area contributed by atoms with Crippen LogP contribution in [0, 0.1) is 0 Å². The summed E-state index contributed by atoms with van der Waals surface area (Å²) in [6, 6.07) is 14.9. The number of carbonyl (C=O) groups is 1. The van der Waals surface area contributed by atoms with Crippen LogP contribution in [0.3, 0.4) is 0 Å². The van der Waals surface area contributed by atoms with E-state index in [1.54, 1.807) is 6.20 Å². The van der Waals surface area contributed by atoms with Crippen LogP contribution in [0.1, 0.15) is 5.56 Å². The number of para-hydroxylation sites is 1. The number of hydrogen-bond donors (Lipinski definition) is 2. The molecule has 0 aliphatic carbocycles. The van der Waals surface area contributed by atoms with Crippen LogP contribution in [0.15, 0.2) is 63.7 Å². The van der Waals surface area contributed by atoms with E-state index in [1.165, 1.54) is 0 Å². The van der Waals surface area contributed by atoms with Crippen molar-refractivity contribution in [3.05, 3.63) is 69.2 Å². The van der Waals surface area contributed by atoms with Crippen LogP contribution in [-0.4, -0.2) is 6.03 Å². The number of carbonyl (C=O) groups excluding carboxylic acids is 1. The molecule has 102 valence electrons. The number of rotatable bonds is 3. The minimum absolute atomic E-state index is 0.289. The molecule has 2 rings (SSSR count). The van der Waals surface area contributed by atoms with Gasteiger partial charge in [0.05, 0.1) is 5.69 Å². The standard InChI is InChI=1S/C15H12Br2N2O/c16-12-5-3-4-11(10-12)8-9-18-15(20)19-14-7-2-1-6-13(14)17/h1-10H,(H2,18,19,20)/b9-8+. The molecule has 0 spiro atoms. The summed E-state index contributed by atoms with van der Waals surface area (Å²) >= 11 is 6.77. The third-order valence-corrected chi connectivity index (χ3v) is 3.65. The van der Waals surface area contributed by atoms with E-state index < -0.39 is 0 Å². The average molecular weight is 396 g/mol. The molecule has 5 heteroatoms. The largest absolute Gasteiger partial charge is 0.323 e. The molecule has 0 bridgehead atoms. The third-order valence-electron chi connectivity index (χ3n) is 2.46. The molecule has 0 aliphatic heterocycles. The molecule has 0 aliphatic rings. The minimum atomic E-state index is -0.289. The monoisotopic (exact) mass is 394 g/mol. The van der Waals surface area contributed by atoms with E-state index in [0.717, 1.165) is 20.2 Å².